The van der Waals surface area contributed by atoms with Crippen LogP contribution in [0.5, 0.6) is 0 Å². The van der Waals surface area contributed by atoms with Gasteiger partial charge in [-0.2, -0.15) is 0 Å². The van der Waals surface area contributed by atoms with Crippen LogP contribution in [0.3, 0.4) is 0 Å². The average molecular weight is 138 g/mol. The molecular weight excluding hydrogens is 124 g/mol. The number of hydrogen-bond acceptors (Lipinski definition) is 1. The molecule has 56 valence electrons. The zero-order chi connectivity index (χ0) is 7.98. The van der Waals surface area contributed by atoms with Crippen molar-refractivity contribution in [2.24, 2.45) is 0 Å². The predicted octanol–water partition coefficient (Wildman–Crippen LogP) is 3.26. The van der Waals surface area contributed by atoms with Gasteiger partial charge in [0.05, 0.1) is 0 Å². The van der Waals surface area contributed by atoms with Crippen LogP contribution in [0, 0.1) is 6.92 Å². The summed E-state index contributed by atoms with van der Waals surface area (Å²) in [6.45, 7) is 9.46. The highest BCUT2D eigenvalue weighted by Gasteiger charge is 1.88. The van der Waals surface area contributed by atoms with E-state index in [9.17, 15) is 0 Å². The van der Waals surface area contributed by atoms with E-state index in [1.165, 1.54) is 0 Å². The lowest BCUT2D eigenvalue weighted by Crippen LogP contribution is -1.55. The molecule has 0 unspecified atom stereocenters. The van der Waals surface area contributed by atoms with E-state index in [4.69, 9.17) is 4.42 Å². The van der Waals surface area contributed by atoms with E-state index in [0.29, 0.717) is 0 Å². The van der Waals surface area contributed by atoms with Crippen LogP contribution in [-0.2, 0) is 0 Å². The highest BCUT2D eigenvalue weighted by atomic mass is 16.3. The molecule has 0 amide bonds. The molecule has 1 rings (SSSR count). The second-order valence-electron chi connectivity index (χ2n) is 1.65. The highest BCUT2D eigenvalue weighted by molar-refractivity contribution is 5.39. The van der Waals surface area contributed by atoms with Gasteiger partial charge in [-0.15, -0.1) is 0 Å². The van der Waals surface area contributed by atoms with Gasteiger partial charge >= 0.3 is 0 Å². The van der Waals surface area contributed by atoms with Crippen molar-refractivity contribution in [3.05, 3.63) is 30.2 Å². The van der Waals surface area contributed by atoms with E-state index < -0.39 is 0 Å². The van der Waals surface area contributed by atoms with Crippen molar-refractivity contribution >= 4 is 6.08 Å². The molecular formula is C9H14O. The molecule has 0 fully saturated rings. The summed E-state index contributed by atoms with van der Waals surface area (Å²) in [7, 11) is 0. The maximum atomic E-state index is 5.11. The molecule has 1 aromatic heterocycles. The topological polar surface area (TPSA) is 13.1 Å². The highest BCUT2D eigenvalue weighted by Crippen LogP contribution is 2.05. The lowest BCUT2D eigenvalue weighted by Gasteiger charge is -1.78. The summed E-state index contributed by atoms with van der Waals surface area (Å²) in [5, 5.41) is 0. The zero-order valence-corrected chi connectivity index (χ0v) is 6.85. The second kappa shape index (κ2) is 4.86. The first-order chi connectivity index (χ1) is 4.83. The van der Waals surface area contributed by atoms with Crippen LogP contribution < -0.4 is 0 Å². The smallest absolute Gasteiger partial charge is 0.126 e. The Balaban J connectivity index is 0.000000371. The minimum Gasteiger partial charge on any atom is -0.462 e. The predicted molar refractivity (Wildman–Crippen MR) is 44.9 cm³/mol. The molecule has 1 aromatic rings. The van der Waals surface area contributed by atoms with Gasteiger partial charge in [-0.1, -0.05) is 20.4 Å². The number of hydrogen-bond donors (Lipinski definition) is 0. The molecule has 0 aliphatic heterocycles. The monoisotopic (exact) mass is 138 g/mol. The SMILES string of the molecule is C=Cc1ccc(C)o1.CC. The van der Waals surface area contributed by atoms with Gasteiger partial charge in [-0.05, 0) is 25.1 Å². The van der Waals surface area contributed by atoms with Crippen molar-refractivity contribution in [1.29, 1.82) is 0 Å². The van der Waals surface area contributed by atoms with Gasteiger partial charge in [0.25, 0.3) is 0 Å². The third kappa shape index (κ3) is 2.53. The Morgan fingerprint density at radius 2 is 2.00 bits per heavy atom. The summed E-state index contributed by atoms with van der Waals surface area (Å²) in [6, 6.07) is 3.80. The maximum absolute atomic E-state index is 5.11. The lowest BCUT2D eigenvalue weighted by atomic mass is 10.4. The fraction of sp³-hybridized carbons (Fsp3) is 0.333. The molecule has 0 atom stereocenters. The molecule has 0 aliphatic carbocycles. The number of furan rings is 1. The van der Waals surface area contributed by atoms with Crippen LogP contribution >= 0.6 is 0 Å². The van der Waals surface area contributed by atoms with E-state index in [1.807, 2.05) is 32.9 Å². The second-order valence-corrected chi connectivity index (χ2v) is 1.65. The maximum Gasteiger partial charge on any atom is 0.126 e. The quantitative estimate of drug-likeness (QED) is 0.580. The van der Waals surface area contributed by atoms with Gasteiger partial charge in [-0.3, -0.25) is 0 Å². The minimum absolute atomic E-state index is 0.836. The Labute approximate surface area is 62.4 Å². The first kappa shape index (κ1) is 9.02. The van der Waals surface area contributed by atoms with Crippen LogP contribution in [-0.4, -0.2) is 0 Å². The van der Waals surface area contributed by atoms with Crippen LogP contribution in [0.15, 0.2) is 23.1 Å². The molecule has 0 bridgehead atoms. The summed E-state index contributed by atoms with van der Waals surface area (Å²) in [4.78, 5) is 0. The van der Waals surface area contributed by atoms with E-state index in [1.54, 1.807) is 6.08 Å². The molecule has 0 aliphatic rings. The van der Waals surface area contributed by atoms with Gasteiger partial charge < -0.3 is 4.42 Å². The standard InChI is InChI=1S/C7H8O.C2H6/c1-3-7-5-4-6(2)8-7;1-2/h3-5H,1H2,2H3;1-2H3. The van der Waals surface area contributed by atoms with E-state index in [0.717, 1.165) is 11.5 Å². The molecule has 1 nitrogen and oxygen atoms in total. The fourth-order valence-corrected chi connectivity index (χ4v) is 0.563. The third-order valence-electron chi connectivity index (χ3n) is 0.962. The normalized spacial score (nSPS) is 7.90. The molecule has 1 heteroatoms. The van der Waals surface area contributed by atoms with Gasteiger partial charge in [0.2, 0.25) is 0 Å². The summed E-state index contributed by atoms with van der Waals surface area (Å²) in [5.74, 6) is 1.77. The van der Waals surface area contributed by atoms with Crippen LogP contribution in [0.4, 0.5) is 0 Å². The Morgan fingerprint density at radius 3 is 2.20 bits per heavy atom. The van der Waals surface area contributed by atoms with Crippen molar-refractivity contribution < 1.29 is 4.42 Å². The Hall–Kier alpha value is -0.980. The first-order valence-corrected chi connectivity index (χ1v) is 3.52. The third-order valence-corrected chi connectivity index (χ3v) is 0.962. The molecule has 0 radical (unpaired) electrons. The van der Waals surface area contributed by atoms with Crippen LogP contribution in [0.2, 0.25) is 0 Å². The van der Waals surface area contributed by atoms with E-state index in [-0.39, 0.29) is 0 Å². The van der Waals surface area contributed by atoms with Gasteiger partial charge in [0.1, 0.15) is 11.5 Å². The van der Waals surface area contributed by atoms with E-state index >= 15 is 0 Å². The Morgan fingerprint density at radius 1 is 1.40 bits per heavy atom. The van der Waals surface area contributed by atoms with Crippen molar-refractivity contribution in [2.45, 2.75) is 20.8 Å². The summed E-state index contributed by atoms with van der Waals surface area (Å²) >= 11 is 0. The first-order valence-electron chi connectivity index (χ1n) is 3.52. The van der Waals surface area contributed by atoms with Gasteiger partial charge in [-0.25, -0.2) is 0 Å². The van der Waals surface area contributed by atoms with Crippen LogP contribution in [0.25, 0.3) is 6.08 Å². The van der Waals surface area contributed by atoms with Crippen molar-refractivity contribution in [3.8, 4) is 0 Å². The van der Waals surface area contributed by atoms with Gasteiger partial charge in [0, 0.05) is 0 Å². The zero-order valence-electron chi connectivity index (χ0n) is 6.85. The van der Waals surface area contributed by atoms with Crippen LogP contribution in [0.1, 0.15) is 25.4 Å². The molecule has 0 saturated carbocycles. The molecule has 1 heterocycles. The summed E-state index contributed by atoms with van der Waals surface area (Å²) in [6.07, 6.45) is 1.69. The summed E-state index contributed by atoms with van der Waals surface area (Å²) < 4.78 is 5.11. The lowest BCUT2D eigenvalue weighted by molar-refractivity contribution is 0.525. The van der Waals surface area contributed by atoms with E-state index in [2.05, 4.69) is 6.58 Å². The van der Waals surface area contributed by atoms with Gasteiger partial charge in [0.15, 0.2) is 0 Å². The Kier molecular flexibility index (Phi) is 4.38. The number of rotatable bonds is 1. The average Bonchev–Trinajstić information content (AvgIpc) is 2.40. The molecule has 0 spiro atoms. The minimum atomic E-state index is 0.836. The summed E-state index contributed by atoms with van der Waals surface area (Å²) in [5.41, 5.74) is 0. The molecule has 0 aromatic carbocycles. The largest absolute Gasteiger partial charge is 0.462 e. The Bertz CT molecular complexity index is 186. The fourth-order valence-electron chi connectivity index (χ4n) is 0.563. The van der Waals surface area contributed by atoms with Crippen molar-refractivity contribution in [3.63, 3.8) is 0 Å². The molecule has 10 heavy (non-hydrogen) atoms. The number of aryl methyl sites for hydroxylation is 1. The van der Waals surface area contributed by atoms with Crippen molar-refractivity contribution in [1.82, 2.24) is 0 Å². The van der Waals surface area contributed by atoms with Crippen molar-refractivity contribution in [2.75, 3.05) is 0 Å². The molecule has 0 N–H and O–H groups in total. The molecule has 0 saturated heterocycles.